The molecular weight excluding hydrogens is 156 g/mol. The minimum absolute atomic E-state index is 0.0527. The van der Waals surface area contributed by atoms with Gasteiger partial charge in [0.05, 0.1) is 5.57 Å². The van der Waals surface area contributed by atoms with Gasteiger partial charge in [-0.1, -0.05) is 0 Å². The monoisotopic (exact) mass is 164 g/mol. The van der Waals surface area contributed by atoms with Crippen molar-refractivity contribution < 1.29 is 14.4 Å². The van der Waals surface area contributed by atoms with E-state index in [0.717, 1.165) is 6.08 Å². The molecule has 0 fully saturated rings. The molecule has 0 N–H and O–H groups in total. The van der Waals surface area contributed by atoms with Crippen LogP contribution in [0.5, 0.6) is 0 Å². The normalized spacial score (nSPS) is 18.0. The Morgan fingerprint density at radius 1 is 1.17 bits per heavy atom. The molecule has 0 aliphatic heterocycles. The molecule has 0 saturated heterocycles. The van der Waals surface area contributed by atoms with Crippen molar-refractivity contribution in [1.82, 2.24) is 0 Å². The lowest BCUT2D eigenvalue weighted by Gasteiger charge is -2.09. The highest BCUT2D eigenvalue weighted by molar-refractivity contribution is 6.29. The Bertz CT molecular complexity index is 328. The van der Waals surface area contributed by atoms with Crippen LogP contribution in [0.15, 0.2) is 22.8 Å². The van der Waals surface area contributed by atoms with Gasteiger partial charge in [-0.15, -0.1) is 0 Å². The first-order valence-electron chi connectivity index (χ1n) is 3.51. The molecule has 12 heavy (non-hydrogen) atoms. The minimum Gasteiger partial charge on any atom is -0.298 e. The van der Waals surface area contributed by atoms with Gasteiger partial charge in [-0.25, -0.2) is 0 Å². The fourth-order valence-corrected chi connectivity index (χ4v) is 0.974. The first-order valence-corrected chi connectivity index (χ1v) is 3.51. The molecule has 1 aliphatic rings. The lowest BCUT2D eigenvalue weighted by molar-refractivity contribution is -0.117. The van der Waals surface area contributed by atoms with Gasteiger partial charge in [0.1, 0.15) is 0 Å². The standard InChI is InChI=1S/C9H8O3/c1-5-6(2)9(12)7(4-10)3-8(5)11/h3-4H,1-2H3. The molecule has 0 aromatic carbocycles. The number of carbonyl (C=O) groups is 3. The second-order valence-corrected chi connectivity index (χ2v) is 2.66. The number of carbonyl (C=O) groups excluding carboxylic acids is 3. The van der Waals surface area contributed by atoms with Crippen molar-refractivity contribution in [1.29, 1.82) is 0 Å². The molecule has 0 radical (unpaired) electrons. The Labute approximate surface area is 69.8 Å². The number of hydrogen-bond donors (Lipinski definition) is 0. The van der Waals surface area contributed by atoms with Gasteiger partial charge >= 0.3 is 0 Å². The average molecular weight is 164 g/mol. The topological polar surface area (TPSA) is 51.2 Å². The van der Waals surface area contributed by atoms with Crippen molar-refractivity contribution >= 4 is 17.9 Å². The predicted molar refractivity (Wildman–Crippen MR) is 42.5 cm³/mol. The van der Waals surface area contributed by atoms with Crippen molar-refractivity contribution in [3.05, 3.63) is 22.8 Å². The summed E-state index contributed by atoms with van der Waals surface area (Å²) in [4.78, 5) is 32.6. The molecule has 62 valence electrons. The molecule has 0 bridgehead atoms. The molecule has 0 aromatic rings. The van der Waals surface area contributed by atoms with Crippen molar-refractivity contribution in [3.63, 3.8) is 0 Å². The molecule has 3 nitrogen and oxygen atoms in total. The highest BCUT2D eigenvalue weighted by atomic mass is 16.1. The summed E-state index contributed by atoms with van der Waals surface area (Å²) in [6.45, 7) is 3.12. The third kappa shape index (κ3) is 1.13. The number of hydrogen-bond acceptors (Lipinski definition) is 3. The fraction of sp³-hybridized carbons (Fsp3) is 0.222. The molecule has 0 atom stereocenters. The highest BCUT2D eigenvalue weighted by Gasteiger charge is 2.21. The molecule has 1 rings (SSSR count). The molecule has 0 aromatic heterocycles. The van der Waals surface area contributed by atoms with E-state index < -0.39 is 0 Å². The molecule has 0 spiro atoms. The Kier molecular flexibility index (Phi) is 2.04. The van der Waals surface area contributed by atoms with Crippen LogP contribution in [0.3, 0.4) is 0 Å². The van der Waals surface area contributed by atoms with Gasteiger partial charge in [0, 0.05) is 17.2 Å². The smallest absolute Gasteiger partial charge is 0.192 e. The summed E-state index contributed by atoms with van der Waals surface area (Å²) < 4.78 is 0. The zero-order valence-electron chi connectivity index (χ0n) is 6.88. The number of allylic oxidation sites excluding steroid dienone is 4. The molecule has 3 heteroatoms. The molecule has 1 aliphatic carbocycles. The van der Waals surface area contributed by atoms with Gasteiger partial charge < -0.3 is 0 Å². The average Bonchev–Trinajstić information content (AvgIpc) is 2.08. The second-order valence-electron chi connectivity index (χ2n) is 2.66. The number of rotatable bonds is 1. The van der Waals surface area contributed by atoms with E-state index in [-0.39, 0.29) is 17.1 Å². The van der Waals surface area contributed by atoms with E-state index in [9.17, 15) is 14.4 Å². The van der Waals surface area contributed by atoms with Gasteiger partial charge in [0.25, 0.3) is 0 Å². The first kappa shape index (κ1) is 8.59. The Hall–Kier alpha value is -1.51. The van der Waals surface area contributed by atoms with E-state index in [2.05, 4.69) is 0 Å². The summed E-state index contributed by atoms with van der Waals surface area (Å²) in [6.07, 6.45) is 1.49. The summed E-state index contributed by atoms with van der Waals surface area (Å²) in [6, 6.07) is 0. The molecule has 0 heterocycles. The Morgan fingerprint density at radius 2 is 1.75 bits per heavy atom. The van der Waals surface area contributed by atoms with E-state index in [4.69, 9.17) is 0 Å². The third-order valence-corrected chi connectivity index (χ3v) is 1.95. The van der Waals surface area contributed by atoms with Gasteiger partial charge in [-0.3, -0.25) is 14.4 Å². The molecule has 0 unspecified atom stereocenters. The van der Waals surface area contributed by atoms with Crippen molar-refractivity contribution in [2.24, 2.45) is 0 Å². The zero-order valence-corrected chi connectivity index (χ0v) is 6.88. The van der Waals surface area contributed by atoms with Crippen LogP contribution in [0.4, 0.5) is 0 Å². The van der Waals surface area contributed by atoms with Crippen LogP contribution < -0.4 is 0 Å². The van der Waals surface area contributed by atoms with E-state index in [0.29, 0.717) is 17.4 Å². The highest BCUT2D eigenvalue weighted by Crippen LogP contribution is 2.16. The van der Waals surface area contributed by atoms with Gasteiger partial charge in [-0.05, 0) is 13.8 Å². The maximum atomic E-state index is 11.2. The van der Waals surface area contributed by atoms with Crippen LogP contribution in [0.1, 0.15) is 13.8 Å². The third-order valence-electron chi connectivity index (χ3n) is 1.95. The van der Waals surface area contributed by atoms with Crippen LogP contribution in [0, 0.1) is 0 Å². The van der Waals surface area contributed by atoms with E-state index in [1.54, 1.807) is 13.8 Å². The second kappa shape index (κ2) is 2.85. The summed E-state index contributed by atoms with van der Waals surface area (Å²) in [5, 5.41) is 0. The van der Waals surface area contributed by atoms with Gasteiger partial charge in [-0.2, -0.15) is 0 Å². The van der Waals surface area contributed by atoms with Crippen LogP contribution >= 0.6 is 0 Å². The van der Waals surface area contributed by atoms with E-state index in [1.807, 2.05) is 0 Å². The fourth-order valence-electron chi connectivity index (χ4n) is 0.974. The van der Waals surface area contributed by atoms with E-state index in [1.165, 1.54) is 0 Å². The predicted octanol–water partition coefficient (Wildman–Crippen LogP) is 0.600. The van der Waals surface area contributed by atoms with E-state index >= 15 is 0 Å². The summed E-state index contributed by atoms with van der Waals surface area (Å²) >= 11 is 0. The van der Waals surface area contributed by atoms with Crippen LogP contribution in [0.2, 0.25) is 0 Å². The zero-order chi connectivity index (χ0) is 9.30. The summed E-state index contributed by atoms with van der Waals surface area (Å²) in [7, 11) is 0. The van der Waals surface area contributed by atoms with Gasteiger partial charge in [0.15, 0.2) is 17.9 Å². The number of aldehydes is 1. The summed E-state index contributed by atoms with van der Waals surface area (Å²) in [5.74, 6) is -0.601. The summed E-state index contributed by atoms with van der Waals surface area (Å²) in [5.41, 5.74) is 0.735. The SMILES string of the molecule is CC1=C(C)C(=O)C(C=O)=CC1=O. The first-order chi connectivity index (χ1) is 5.57. The maximum absolute atomic E-state index is 11.2. The van der Waals surface area contributed by atoms with Crippen molar-refractivity contribution in [3.8, 4) is 0 Å². The number of ketones is 2. The lowest BCUT2D eigenvalue weighted by atomic mass is 9.92. The molecule has 0 amide bonds. The number of Topliss-reactive ketones (excluding diaryl/α,β-unsaturated/α-hetero) is 1. The van der Waals surface area contributed by atoms with Crippen LogP contribution in [-0.2, 0) is 14.4 Å². The van der Waals surface area contributed by atoms with Crippen LogP contribution in [-0.4, -0.2) is 17.9 Å². The Balaban J connectivity index is 3.21. The quantitative estimate of drug-likeness (QED) is 0.324. The largest absolute Gasteiger partial charge is 0.298 e. The van der Waals surface area contributed by atoms with Crippen LogP contribution in [0.25, 0.3) is 0 Å². The minimum atomic E-state index is -0.345. The van der Waals surface area contributed by atoms with Crippen molar-refractivity contribution in [2.75, 3.05) is 0 Å². The maximum Gasteiger partial charge on any atom is 0.192 e. The van der Waals surface area contributed by atoms with Crippen molar-refractivity contribution in [2.45, 2.75) is 13.8 Å². The van der Waals surface area contributed by atoms with Gasteiger partial charge in [0.2, 0.25) is 0 Å². The Morgan fingerprint density at radius 3 is 2.25 bits per heavy atom. The molecular formula is C9H8O3. The molecule has 0 saturated carbocycles. The lowest BCUT2D eigenvalue weighted by Crippen LogP contribution is -2.16.